The van der Waals surface area contributed by atoms with Gasteiger partial charge >= 0.3 is 0 Å². The van der Waals surface area contributed by atoms with Crippen LogP contribution in [0.3, 0.4) is 0 Å². The molecule has 0 saturated heterocycles. The Morgan fingerprint density at radius 3 is 2.75 bits per heavy atom. The highest BCUT2D eigenvalue weighted by molar-refractivity contribution is 5.80. The van der Waals surface area contributed by atoms with Crippen molar-refractivity contribution in [2.75, 3.05) is 11.5 Å². The second-order valence-corrected chi connectivity index (χ2v) is 2.54. The number of nitrogens with zero attached hydrogens (tertiary/aromatic N) is 2. The standard InChI is InChI=1S/C8H8N4/c9-7-2-1-5-4-11-8(10)3-6(5)12-7/h1-4H,(H2,9,12)(H2,10,11). The summed E-state index contributed by atoms with van der Waals surface area (Å²) in [5, 5.41) is 0.943. The van der Waals surface area contributed by atoms with Crippen LogP contribution in [-0.4, -0.2) is 9.97 Å². The van der Waals surface area contributed by atoms with E-state index in [1.807, 2.05) is 6.07 Å². The monoisotopic (exact) mass is 160 g/mol. The van der Waals surface area contributed by atoms with Gasteiger partial charge in [-0.1, -0.05) is 0 Å². The van der Waals surface area contributed by atoms with Crippen molar-refractivity contribution in [3.63, 3.8) is 0 Å². The molecule has 0 aromatic carbocycles. The molecule has 0 radical (unpaired) electrons. The average molecular weight is 160 g/mol. The Hall–Kier alpha value is -1.84. The summed E-state index contributed by atoms with van der Waals surface area (Å²) in [4.78, 5) is 8.03. The second kappa shape index (κ2) is 2.34. The van der Waals surface area contributed by atoms with E-state index in [1.54, 1.807) is 18.3 Å². The van der Waals surface area contributed by atoms with Crippen LogP contribution in [0.2, 0.25) is 0 Å². The van der Waals surface area contributed by atoms with Crippen LogP contribution in [0.15, 0.2) is 24.4 Å². The van der Waals surface area contributed by atoms with Crippen LogP contribution in [0.1, 0.15) is 0 Å². The van der Waals surface area contributed by atoms with E-state index in [1.165, 1.54) is 0 Å². The summed E-state index contributed by atoms with van der Waals surface area (Å²) in [6.45, 7) is 0. The number of hydrogen-bond donors (Lipinski definition) is 2. The van der Waals surface area contributed by atoms with Crippen LogP contribution in [0, 0.1) is 0 Å². The molecule has 4 nitrogen and oxygen atoms in total. The summed E-state index contributed by atoms with van der Waals surface area (Å²) in [6.07, 6.45) is 1.68. The van der Waals surface area contributed by atoms with Gasteiger partial charge < -0.3 is 11.5 Å². The molecule has 60 valence electrons. The quantitative estimate of drug-likeness (QED) is 0.597. The second-order valence-electron chi connectivity index (χ2n) is 2.54. The Kier molecular flexibility index (Phi) is 1.33. The number of aromatic nitrogens is 2. The van der Waals surface area contributed by atoms with Gasteiger partial charge in [0.05, 0.1) is 5.52 Å². The maximum absolute atomic E-state index is 5.50. The predicted octanol–water partition coefficient (Wildman–Crippen LogP) is 0.794. The van der Waals surface area contributed by atoms with E-state index in [0.717, 1.165) is 10.9 Å². The van der Waals surface area contributed by atoms with Crippen LogP contribution >= 0.6 is 0 Å². The molecule has 2 aromatic rings. The third-order valence-corrected chi connectivity index (χ3v) is 1.62. The molecule has 4 heteroatoms. The zero-order chi connectivity index (χ0) is 8.55. The lowest BCUT2D eigenvalue weighted by atomic mass is 10.2. The SMILES string of the molecule is Nc1cc2nc(N)ccc2cn1. The van der Waals surface area contributed by atoms with Gasteiger partial charge in [0.15, 0.2) is 0 Å². The van der Waals surface area contributed by atoms with Crippen molar-refractivity contribution in [3.8, 4) is 0 Å². The lowest BCUT2D eigenvalue weighted by molar-refractivity contribution is 1.33. The number of rotatable bonds is 0. The fraction of sp³-hybridized carbons (Fsp3) is 0. The minimum Gasteiger partial charge on any atom is -0.384 e. The van der Waals surface area contributed by atoms with Gasteiger partial charge in [-0.15, -0.1) is 0 Å². The van der Waals surface area contributed by atoms with Gasteiger partial charge in [-0.3, -0.25) is 0 Å². The highest BCUT2D eigenvalue weighted by Gasteiger charge is 1.95. The van der Waals surface area contributed by atoms with Crippen molar-refractivity contribution >= 4 is 22.5 Å². The molecule has 0 aliphatic rings. The van der Waals surface area contributed by atoms with Crippen molar-refractivity contribution in [1.29, 1.82) is 0 Å². The van der Waals surface area contributed by atoms with E-state index < -0.39 is 0 Å². The van der Waals surface area contributed by atoms with Gasteiger partial charge in [-0.2, -0.15) is 0 Å². The molecular weight excluding hydrogens is 152 g/mol. The largest absolute Gasteiger partial charge is 0.384 e. The van der Waals surface area contributed by atoms with Crippen molar-refractivity contribution in [2.45, 2.75) is 0 Å². The summed E-state index contributed by atoms with van der Waals surface area (Å²) in [7, 11) is 0. The highest BCUT2D eigenvalue weighted by atomic mass is 14.9. The van der Waals surface area contributed by atoms with E-state index >= 15 is 0 Å². The van der Waals surface area contributed by atoms with E-state index in [2.05, 4.69) is 9.97 Å². The molecule has 2 rings (SSSR count). The summed E-state index contributed by atoms with van der Waals surface area (Å²) < 4.78 is 0. The lowest BCUT2D eigenvalue weighted by Crippen LogP contribution is -1.93. The molecule has 0 atom stereocenters. The zero-order valence-electron chi connectivity index (χ0n) is 6.36. The Morgan fingerprint density at radius 1 is 1.08 bits per heavy atom. The molecule has 0 fully saturated rings. The van der Waals surface area contributed by atoms with Crippen LogP contribution in [0.25, 0.3) is 10.9 Å². The zero-order valence-corrected chi connectivity index (χ0v) is 6.36. The number of nitrogen functional groups attached to an aromatic ring is 2. The molecule has 4 N–H and O–H groups in total. The Balaban J connectivity index is 2.80. The summed E-state index contributed by atoms with van der Waals surface area (Å²) in [6, 6.07) is 5.30. The van der Waals surface area contributed by atoms with E-state index in [4.69, 9.17) is 11.5 Å². The first kappa shape index (κ1) is 6.84. The van der Waals surface area contributed by atoms with Crippen molar-refractivity contribution in [2.24, 2.45) is 0 Å². The summed E-state index contributed by atoms with van der Waals surface area (Å²) in [5.41, 5.74) is 11.8. The number of pyridine rings is 2. The number of anilines is 2. The fourth-order valence-corrected chi connectivity index (χ4v) is 1.05. The van der Waals surface area contributed by atoms with Crippen molar-refractivity contribution < 1.29 is 0 Å². The minimum absolute atomic E-state index is 0.459. The topological polar surface area (TPSA) is 77.8 Å². The number of nitrogens with two attached hydrogens (primary N) is 2. The normalized spacial score (nSPS) is 10.3. The smallest absolute Gasteiger partial charge is 0.125 e. The first-order valence-electron chi connectivity index (χ1n) is 3.53. The Labute approximate surface area is 69.2 Å². The minimum atomic E-state index is 0.459. The molecule has 12 heavy (non-hydrogen) atoms. The molecule has 0 unspecified atom stereocenters. The van der Waals surface area contributed by atoms with Gasteiger partial charge in [-0.05, 0) is 12.1 Å². The predicted molar refractivity (Wildman–Crippen MR) is 48.4 cm³/mol. The van der Waals surface area contributed by atoms with Crippen molar-refractivity contribution in [1.82, 2.24) is 9.97 Å². The Bertz CT molecular complexity index is 388. The first-order chi connectivity index (χ1) is 5.75. The van der Waals surface area contributed by atoms with Crippen LogP contribution in [-0.2, 0) is 0 Å². The molecule has 0 aliphatic heterocycles. The molecule has 2 aromatic heterocycles. The van der Waals surface area contributed by atoms with Gasteiger partial charge in [0.25, 0.3) is 0 Å². The molecular formula is C8H8N4. The molecule has 0 saturated carbocycles. The van der Waals surface area contributed by atoms with Gasteiger partial charge in [-0.25, -0.2) is 9.97 Å². The van der Waals surface area contributed by atoms with E-state index in [9.17, 15) is 0 Å². The van der Waals surface area contributed by atoms with Crippen LogP contribution in [0.5, 0.6) is 0 Å². The van der Waals surface area contributed by atoms with Crippen LogP contribution in [0.4, 0.5) is 11.6 Å². The average Bonchev–Trinajstić information content (AvgIpc) is 2.03. The third-order valence-electron chi connectivity index (χ3n) is 1.62. The third kappa shape index (κ3) is 1.03. The van der Waals surface area contributed by atoms with Crippen molar-refractivity contribution in [3.05, 3.63) is 24.4 Å². The van der Waals surface area contributed by atoms with Gasteiger partial charge in [0.2, 0.25) is 0 Å². The summed E-state index contributed by atoms with van der Waals surface area (Å²) in [5.74, 6) is 0.953. The van der Waals surface area contributed by atoms with E-state index in [0.29, 0.717) is 11.6 Å². The molecule has 2 heterocycles. The van der Waals surface area contributed by atoms with Crippen LogP contribution < -0.4 is 11.5 Å². The fourth-order valence-electron chi connectivity index (χ4n) is 1.05. The maximum Gasteiger partial charge on any atom is 0.125 e. The number of hydrogen-bond acceptors (Lipinski definition) is 4. The molecule has 0 amide bonds. The maximum atomic E-state index is 5.50. The molecule has 0 bridgehead atoms. The van der Waals surface area contributed by atoms with Gasteiger partial charge in [0.1, 0.15) is 11.6 Å². The van der Waals surface area contributed by atoms with E-state index in [-0.39, 0.29) is 0 Å². The number of fused-ring (bicyclic) bond motifs is 1. The highest BCUT2D eigenvalue weighted by Crippen LogP contribution is 2.13. The molecule has 0 aliphatic carbocycles. The van der Waals surface area contributed by atoms with Gasteiger partial charge in [0, 0.05) is 17.6 Å². The summed E-state index contributed by atoms with van der Waals surface area (Å²) >= 11 is 0. The first-order valence-corrected chi connectivity index (χ1v) is 3.53. The lowest BCUT2D eigenvalue weighted by Gasteiger charge is -1.98. The Morgan fingerprint density at radius 2 is 1.92 bits per heavy atom. The molecule has 0 spiro atoms.